The second kappa shape index (κ2) is 12.7. The number of aryl methyl sites for hydroxylation is 1. The van der Waals surface area contributed by atoms with E-state index in [0.717, 1.165) is 17.5 Å². The number of allylic oxidation sites excluding steroid dienone is 1. The maximum Gasteiger partial charge on any atom is 0.333 e. The number of aliphatic hydroxyl groups is 2. The molecule has 0 bridgehead atoms. The molecule has 2 rings (SSSR count). The van der Waals surface area contributed by atoms with Crippen molar-refractivity contribution < 1.29 is 29.2 Å². The third kappa shape index (κ3) is 7.54. The third-order valence-corrected chi connectivity index (χ3v) is 4.59. The molecule has 0 aliphatic carbocycles. The van der Waals surface area contributed by atoms with Gasteiger partial charge in [0, 0.05) is 5.57 Å². The van der Waals surface area contributed by atoms with Gasteiger partial charge in [0.1, 0.15) is 30.8 Å². The molecule has 6 heteroatoms. The molecule has 0 saturated heterocycles. The number of hydrogen-bond acceptors (Lipinski definition) is 6. The SMILES string of the molecule is CC=C(C)C(=O)OC(CCc1ccc(OCCO)cc1)c1ccc(OCCO)cc1. The van der Waals surface area contributed by atoms with Crippen LogP contribution in [0.4, 0.5) is 0 Å². The van der Waals surface area contributed by atoms with E-state index in [2.05, 4.69) is 0 Å². The molecule has 0 aliphatic rings. The van der Waals surface area contributed by atoms with Crippen LogP contribution in [-0.2, 0) is 16.0 Å². The Hall–Kier alpha value is -2.83. The third-order valence-electron chi connectivity index (χ3n) is 4.59. The highest BCUT2D eigenvalue weighted by atomic mass is 16.5. The van der Waals surface area contributed by atoms with Crippen molar-refractivity contribution in [2.75, 3.05) is 26.4 Å². The van der Waals surface area contributed by atoms with Crippen molar-refractivity contribution in [3.63, 3.8) is 0 Å². The molecule has 1 atom stereocenters. The van der Waals surface area contributed by atoms with Gasteiger partial charge >= 0.3 is 5.97 Å². The first-order chi connectivity index (χ1) is 14.6. The zero-order valence-corrected chi connectivity index (χ0v) is 17.5. The van der Waals surface area contributed by atoms with E-state index in [-0.39, 0.29) is 32.4 Å². The molecule has 2 aromatic rings. The van der Waals surface area contributed by atoms with Crippen LogP contribution < -0.4 is 9.47 Å². The Kier molecular flexibility index (Phi) is 9.91. The first kappa shape index (κ1) is 23.4. The van der Waals surface area contributed by atoms with E-state index >= 15 is 0 Å². The topological polar surface area (TPSA) is 85.2 Å². The van der Waals surface area contributed by atoms with Gasteiger partial charge in [0.05, 0.1) is 13.2 Å². The summed E-state index contributed by atoms with van der Waals surface area (Å²) < 4.78 is 16.6. The van der Waals surface area contributed by atoms with E-state index in [9.17, 15) is 4.79 Å². The van der Waals surface area contributed by atoms with E-state index < -0.39 is 6.10 Å². The molecule has 0 aromatic heterocycles. The number of hydrogen-bond donors (Lipinski definition) is 2. The van der Waals surface area contributed by atoms with Crippen LogP contribution in [0.15, 0.2) is 60.2 Å². The lowest BCUT2D eigenvalue weighted by Crippen LogP contribution is -2.13. The number of carbonyl (C=O) groups is 1. The second-order valence-corrected chi connectivity index (χ2v) is 6.76. The highest BCUT2D eigenvalue weighted by Crippen LogP contribution is 2.27. The van der Waals surface area contributed by atoms with Crippen molar-refractivity contribution in [3.05, 3.63) is 71.3 Å². The van der Waals surface area contributed by atoms with Crippen LogP contribution in [0.5, 0.6) is 11.5 Å². The van der Waals surface area contributed by atoms with Crippen LogP contribution >= 0.6 is 0 Å². The van der Waals surface area contributed by atoms with Crippen LogP contribution in [0, 0.1) is 0 Å². The van der Waals surface area contributed by atoms with Gasteiger partial charge in [0.15, 0.2) is 0 Å². The Morgan fingerprint density at radius 1 is 0.933 bits per heavy atom. The minimum atomic E-state index is -0.399. The van der Waals surface area contributed by atoms with Crippen molar-refractivity contribution >= 4 is 5.97 Å². The number of carbonyl (C=O) groups excluding carboxylic acids is 1. The van der Waals surface area contributed by atoms with Crippen molar-refractivity contribution in [2.45, 2.75) is 32.8 Å². The summed E-state index contributed by atoms with van der Waals surface area (Å²) in [6, 6.07) is 15.0. The van der Waals surface area contributed by atoms with E-state index in [4.69, 9.17) is 24.4 Å². The first-order valence-corrected chi connectivity index (χ1v) is 10.1. The summed E-state index contributed by atoms with van der Waals surface area (Å²) in [6.07, 6.45) is 2.67. The largest absolute Gasteiger partial charge is 0.491 e. The average Bonchev–Trinajstić information content (AvgIpc) is 2.79. The summed E-state index contributed by atoms with van der Waals surface area (Å²) >= 11 is 0. The maximum absolute atomic E-state index is 12.3. The molecule has 2 aromatic carbocycles. The van der Waals surface area contributed by atoms with Crippen LogP contribution in [-0.4, -0.2) is 42.6 Å². The van der Waals surface area contributed by atoms with Crippen LogP contribution in [0.1, 0.15) is 37.5 Å². The van der Waals surface area contributed by atoms with Gasteiger partial charge in [-0.3, -0.25) is 0 Å². The Bertz CT molecular complexity index is 795. The summed E-state index contributed by atoms with van der Waals surface area (Å²) in [5.41, 5.74) is 2.54. The van der Waals surface area contributed by atoms with Crippen LogP contribution in [0.3, 0.4) is 0 Å². The van der Waals surface area contributed by atoms with E-state index in [0.29, 0.717) is 23.5 Å². The quantitative estimate of drug-likeness (QED) is 0.408. The molecule has 0 heterocycles. The normalized spacial score (nSPS) is 12.3. The minimum absolute atomic E-state index is 0.0236. The highest BCUT2D eigenvalue weighted by Gasteiger charge is 2.18. The van der Waals surface area contributed by atoms with Crippen molar-refractivity contribution in [1.82, 2.24) is 0 Å². The fourth-order valence-corrected chi connectivity index (χ4v) is 2.79. The Morgan fingerprint density at radius 2 is 1.47 bits per heavy atom. The molecule has 6 nitrogen and oxygen atoms in total. The summed E-state index contributed by atoms with van der Waals surface area (Å²) in [5.74, 6) is 1.02. The number of ether oxygens (including phenoxy) is 3. The monoisotopic (exact) mass is 414 g/mol. The van der Waals surface area contributed by atoms with Crippen LogP contribution in [0.2, 0.25) is 0 Å². The minimum Gasteiger partial charge on any atom is -0.491 e. The van der Waals surface area contributed by atoms with Gasteiger partial charge in [-0.1, -0.05) is 30.3 Å². The number of esters is 1. The average molecular weight is 414 g/mol. The highest BCUT2D eigenvalue weighted by molar-refractivity contribution is 5.87. The summed E-state index contributed by atoms with van der Waals surface area (Å²) in [6.45, 7) is 3.96. The van der Waals surface area contributed by atoms with Gasteiger partial charge in [-0.05, 0) is 62.1 Å². The lowest BCUT2D eigenvalue weighted by atomic mass is 10.0. The number of rotatable bonds is 12. The first-order valence-electron chi connectivity index (χ1n) is 10.1. The molecule has 0 spiro atoms. The Labute approximate surface area is 177 Å². The van der Waals surface area contributed by atoms with Crippen LogP contribution in [0.25, 0.3) is 0 Å². The molecule has 0 saturated carbocycles. The number of aliphatic hydroxyl groups excluding tert-OH is 2. The zero-order valence-electron chi connectivity index (χ0n) is 17.5. The van der Waals surface area contributed by atoms with Gasteiger partial charge in [0.2, 0.25) is 0 Å². The molecule has 2 N–H and O–H groups in total. The van der Waals surface area contributed by atoms with Gasteiger partial charge in [0.25, 0.3) is 0 Å². The molecular weight excluding hydrogens is 384 g/mol. The van der Waals surface area contributed by atoms with E-state index in [1.54, 1.807) is 19.9 Å². The molecule has 0 aliphatic heterocycles. The van der Waals surface area contributed by atoms with Crippen molar-refractivity contribution in [3.8, 4) is 11.5 Å². The van der Waals surface area contributed by atoms with Gasteiger partial charge in [-0.15, -0.1) is 0 Å². The van der Waals surface area contributed by atoms with Gasteiger partial charge < -0.3 is 24.4 Å². The second-order valence-electron chi connectivity index (χ2n) is 6.76. The molecule has 1 unspecified atom stereocenters. The standard InChI is InChI=1S/C24H30O6/c1-3-18(2)24(27)30-23(20-7-11-22(12-8-20)29-17-15-26)13-6-19-4-9-21(10-5-19)28-16-14-25/h3-5,7-12,23,25-26H,6,13-17H2,1-2H3. The Morgan fingerprint density at radius 3 is 1.97 bits per heavy atom. The lowest BCUT2D eigenvalue weighted by Gasteiger charge is -2.19. The molecule has 0 fully saturated rings. The summed E-state index contributed by atoms with van der Waals surface area (Å²) in [5, 5.41) is 17.7. The molecule has 162 valence electrons. The Balaban J connectivity index is 2.08. The fraction of sp³-hybridized carbons (Fsp3) is 0.375. The van der Waals surface area contributed by atoms with Crippen molar-refractivity contribution in [2.24, 2.45) is 0 Å². The smallest absolute Gasteiger partial charge is 0.333 e. The molecule has 0 amide bonds. The molecule has 0 radical (unpaired) electrons. The maximum atomic E-state index is 12.3. The van der Waals surface area contributed by atoms with E-state index in [1.807, 2.05) is 48.5 Å². The van der Waals surface area contributed by atoms with Gasteiger partial charge in [-0.2, -0.15) is 0 Å². The number of benzene rings is 2. The lowest BCUT2D eigenvalue weighted by molar-refractivity contribution is -0.145. The zero-order chi connectivity index (χ0) is 21.8. The predicted octanol–water partition coefficient (Wildman–Crippen LogP) is 3.61. The van der Waals surface area contributed by atoms with Crippen molar-refractivity contribution in [1.29, 1.82) is 0 Å². The summed E-state index contributed by atoms with van der Waals surface area (Å²) in [7, 11) is 0. The van der Waals surface area contributed by atoms with Gasteiger partial charge in [-0.25, -0.2) is 4.79 Å². The summed E-state index contributed by atoms with van der Waals surface area (Å²) in [4.78, 5) is 12.3. The fourth-order valence-electron chi connectivity index (χ4n) is 2.79. The predicted molar refractivity (Wildman–Crippen MR) is 115 cm³/mol. The molecular formula is C24H30O6. The molecule has 30 heavy (non-hydrogen) atoms. The van der Waals surface area contributed by atoms with E-state index in [1.165, 1.54) is 0 Å².